The average molecular weight is 463 g/mol. The maximum Gasteiger partial charge on any atom is 0.242 e. The maximum absolute atomic E-state index is 13.0. The zero-order valence-corrected chi connectivity index (χ0v) is 18.9. The molecule has 2 aromatic rings. The van der Waals surface area contributed by atoms with Gasteiger partial charge in [0.1, 0.15) is 6.04 Å². The van der Waals surface area contributed by atoms with E-state index >= 15 is 0 Å². The molecule has 0 heterocycles. The highest BCUT2D eigenvalue weighted by Gasteiger charge is 2.26. The van der Waals surface area contributed by atoms with Gasteiger partial charge < -0.3 is 10.2 Å². The Hall–Kier alpha value is -1.79. The first-order valence-electron chi connectivity index (χ1n) is 9.36. The van der Waals surface area contributed by atoms with Gasteiger partial charge >= 0.3 is 0 Å². The molecule has 0 bridgehead atoms. The highest BCUT2D eigenvalue weighted by molar-refractivity contribution is 9.10. The number of thioether (sulfide) groups is 1. The van der Waals surface area contributed by atoms with E-state index in [9.17, 15) is 9.59 Å². The van der Waals surface area contributed by atoms with Gasteiger partial charge in [-0.3, -0.25) is 9.59 Å². The fourth-order valence-corrected chi connectivity index (χ4v) is 3.64. The first-order chi connectivity index (χ1) is 13.4. The van der Waals surface area contributed by atoms with Crippen molar-refractivity contribution in [3.63, 3.8) is 0 Å². The van der Waals surface area contributed by atoms with Gasteiger partial charge in [-0.15, -0.1) is 11.8 Å². The lowest BCUT2D eigenvalue weighted by Crippen LogP contribution is -2.48. The molecular formula is C22H27BrN2O2S. The Morgan fingerprint density at radius 1 is 1.04 bits per heavy atom. The topological polar surface area (TPSA) is 49.4 Å². The van der Waals surface area contributed by atoms with Gasteiger partial charge in [-0.2, -0.15) is 0 Å². The normalized spacial score (nSPS) is 11.9. The Morgan fingerprint density at radius 3 is 2.29 bits per heavy atom. The van der Waals surface area contributed by atoms with Crippen molar-refractivity contribution in [2.45, 2.75) is 38.3 Å². The third-order valence-corrected chi connectivity index (χ3v) is 5.75. The molecule has 0 fully saturated rings. The zero-order valence-electron chi connectivity index (χ0n) is 16.5. The number of nitrogens with zero attached hydrogens (tertiary/aromatic N) is 1. The van der Waals surface area contributed by atoms with Crippen molar-refractivity contribution in [1.82, 2.24) is 10.2 Å². The van der Waals surface area contributed by atoms with E-state index in [1.54, 1.807) is 11.8 Å². The summed E-state index contributed by atoms with van der Waals surface area (Å²) in [7, 11) is 0. The van der Waals surface area contributed by atoms with Gasteiger partial charge in [0.05, 0.1) is 5.75 Å². The van der Waals surface area contributed by atoms with Gasteiger partial charge in [-0.05, 0) is 42.7 Å². The van der Waals surface area contributed by atoms with Crippen molar-refractivity contribution in [3.8, 4) is 0 Å². The molecule has 6 heteroatoms. The van der Waals surface area contributed by atoms with E-state index in [1.807, 2.05) is 68.4 Å². The van der Waals surface area contributed by atoms with E-state index < -0.39 is 6.04 Å². The third-order valence-electron chi connectivity index (χ3n) is 4.22. The second kappa shape index (κ2) is 11.3. The summed E-state index contributed by atoms with van der Waals surface area (Å²) >= 11 is 4.92. The van der Waals surface area contributed by atoms with Gasteiger partial charge in [-0.1, -0.05) is 60.1 Å². The van der Waals surface area contributed by atoms with Gasteiger partial charge in [0.15, 0.2) is 0 Å². The number of carbonyl (C=O) groups excluding carboxylic acids is 2. The molecule has 4 nitrogen and oxygen atoms in total. The lowest BCUT2D eigenvalue weighted by Gasteiger charge is -2.29. The summed E-state index contributed by atoms with van der Waals surface area (Å²) in [5.74, 6) is 0.482. The van der Waals surface area contributed by atoms with Gasteiger partial charge in [0, 0.05) is 22.5 Å². The molecule has 2 aromatic carbocycles. The lowest BCUT2D eigenvalue weighted by atomic mass is 10.1. The zero-order chi connectivity index (χ0) is 20.5. The molecule has 2 amide bonds. The minimum atomic E-state index is -0.536. The molecule has 28 heavy (non-hydrogen) atoms. The molecule has 0 spiro atoms. The molecule has 0 aliphatic heterocycles. The fraction of sp³-hybridized carbons (Fsp3) is 0.364. The summed E-state index contributed by atoms with van der Waals surface area (Å²) in [6.45, 7) is 6.89. The van der Waals surface area contributed by atoms with Crippen LogP contribution in [0.3, 0.4) is 0 Å². The highest BCUT2D eigenvalue weighted by Crippen LogP contribution is 2.20. The molecule has 150 valence electrons. The van der Waals surface area contributed by atoms with Gasteiger partial charge in [0.25, 0.3) is 0 Å². The SMILES string of the molecule is CC(C)CNC(=O)[C@@H](C)N(Cc1ccc(Br)cc1)C(=O)CSc1ccccc1. The molecule has 1 atom stereocenters. The Balaban J connectivity index is 2.10. The number of amides is 2. The minimum Gasteiger partial charge on any atom is -0.354 e. The minimum absolute atomic E-state index is 0.0519. The summed E-state index contributed by atoms with van der Waals surface area (Å²) in [6, 6.07) is 17.1. The standard InChI is InChI=1S/C22H27BrN2O2S/c1-16(2)13-24-22(27)17(3)25(14-18-9-11-19(23)12-10-18)21(26)15-28-20-7-5-4-6-8-20/h4-12,16-17H,13-15H2,1-3H3,(H,24,27)/t17-/m1/s1. The molecule has 0 saturated heterocycles. The van der Waals surface area contributed by atoms with Gasteiger partial charge in [-0.25, -0.2) is 0 Å². The fourth-order valence-electron chi connectivity index (χ4n) is 2.57. The maximum atomic E-state index is 13.0. The van der Waals surface area contributed by atoms with Crippen LogP contribution in [0.4, 0.5) is 0 Å². The summed E-state index contributed by atoms with van der Waals surface area (Å²) in [4.78, 5) is 28.3. The van der Waals surface area contributed by atoms with Crippen molar-refractivity contribution in [2.75, 3.05) is 12.3 Å². The highest BCUT2D eigenvalue weighted by atomic mass is 79.9. The molecule has 0 unspecified atom stereocenters. The van der Waals surface area contributed by atoms with E-state index in [0.29, 0.717) is 24.8 Å². The van der Waals surface area contributed by atoms with Crippen LogP contribution >= 0.6 is 27.7 Å². The predicted octanol–water partition coefficient (Wildman–Crippen LogP) is 4.73. The van der Waals surface area contributed by atoms with Crippen molar-refractivity contribution in [1.29, 1.82) is 0 Å². The number of nitrogens with one attached hydrogen (secondary N) is 1. The first-order valence-corrected chi connectivity index (χ1v) is 11.1. The van der Waals surface area contributed by atoms with E-state index in [-0.39, 0.29) is 11.8 Å². The molecule has 0 aromatic heterocycles. The largest absolute Gasteiger partial charge is 0.354 e. The lowest BCUT2D eigenvalue weighted by molar-refractivity contribution is -0.138. The van der Waals surface area contributed by atoms with Crippen LogP contribution in [0.25, 0.3) is 0 Å². The Morgan fingerprint density at radius 2 is 1.68 bits per heavy atom. The predicted molar refractivity (Wildman–Crippen MR) is 119 cm³/mol. The number of hydrogen-bond donors (Lipinski definition) is 1. The van der Waals surface area contributed by atoms with Crippen LogP contribution in [0.1, 0.15) is 26.3 Å². The Kier molecular flexibility index (Phi) is 9.06. The summed E-state index contributed by atoms with van der Waals surface area (Å²) in [5.41, 5.74) is 0.991. The quantitative estimate of drug-likeness (QED) is 0.547. The number of hydrogen-bond acceptors (Lipinski definition) is 3. The van der Waals surface area contributed by atoms with Crippen LogP contribution in [0.2, 0.25) is 0 Å². The van der Waals surface area contributed by atoms with Crippen LogP contribution in [0.5, 0.6) is 0 Å². The van der Waals surface area contributed by atoms with Crippen LogP contribution in [-0.2, 0) is 16.1 Å². The third kappa shape index (κ3) is 7.32. The summed E-state index contributed by atoms with van der Waals surface area (Å²) < 4.78 is 0.983. The van der Waals surface area contributed by atoms with Crippen LogP contribution < -0.4 is 5.32 Å². The molecule has 0 aliphatic rings. The summed E-state index contributed by atoms with van der Waals surface area (Å²) in [5, 5.41) is 2.94. The van der Waals surface area contributed by atoms with Gasteiger partial charge in [0.2, 0.25) is 11.8 Å². The molecule has 2 rings (SSSR count). The average Bonchev–Trinajstić information content (AvgIpc) is 2.70. The first kappa shape index (κ1) is 22.5. The van der Waals surface area contributed by atoms with Crippen LogP contribution in [0, 0.1) is 5.92 Å². The van der Waals surface area contributed by atoms with Crippen molar-refractivity contribution in [3.05, 3.63) is 64.6 Å². The van der Waals surface area contributed by atoms with Crippen LogP contribution in [-0.4, -0.2) is 35.1 Å². The second-order valence-electron chi connectivity index (χ2n) is 7.06. The van der Waals surface area contributed by atoms with E-state index in [1.165, 1.54) is 11.8 Å². The smallest absolute Gasteiger partial charge is 0.242 e. The Bertz CT molecular complexity index is 766. The molecule has 0 saturated carbocycles. The van der Waals surface area contributed by atoms with Crippen molar-refractivity contribution < 1.29 is 9.59 Å². The monoisotopic (exact) mass is 462 g/mol. The van der Waals surface area contributed by atoms with Crippen LogP contribution in [0.15, 0.2) is 64.0 Å². The Labute approximate surface area is 180 Å². The second-order valence-corrected chi connectivity index (χ2v) is 9.03. The molecule has 1 N–H and O–H groups in total. The number of rotatable bonds is 9. The van der Waals surface area contributed by atoms with E-state index in [2.05, 4.69) is 21.2 Å². The molecular weight excluding hydrogens is 436 g/mol. The molecule has 0 radical (unpaired) electrons. The van der Waals surface area contributed by atoms with Crippen molar-refractivity contribution in [2.24, 2.45) is 5.92 Å². The number of halogens is 1. The number of benzene rings is 2. The van der Waals surface area contributed by atoms with E-state index in [4.69, 9.17) is 0 Å². The van der Waals surface area contributed by atoms with E-state index in [0.717, 1.165) is 14.9 Å². The number of carbonyl (C=O) groups is 2. The van der Waals surface area contributed by atoms with Crippen molar-refractivity contribution >= 4 is 39.5 Å². The summed E-state index contributed by atoms with van der Waals surface area (Å²) in [6.07, 6.45) is 0. The molecule has 0 aliphatic carbocycles.